The third kappa shape index (κ3) is 3.29. The van der Waals surface area contributed by atoms with Gasteiger partial charge in [-0.15, -0.1) is 0 Å². The van der Waals surface area contributed by atoms with Crippen LogP contribution in [-0.2, 0) is 5.41 Å². The summed E-state index contributed by atoms with van der Waals surface area (Å²) in [5, 5.41) is 7.20. The van der Waals surface area contributed by atoms with Gasteiger partial charge in [0.2, 0.25) is 5.95 Å². The van der Waals surface area contributed by atoms with Crippen LogP contribution in [0.25, 0.3) is 0 Å². The van der Waals surface area contributed by atoms with Crippen molar-refractivity contribution in [1.29, 1.82) is 0 Å². The Labute approximate surface area is 147 Å². The van der Waals surface area contributed by atoms with Gasteiger partial charge in [0.1, 0.15) is 5.82 Å². The summed E-state index contributed by atoms with van der Waals surface area (Å²) in [6.07, 6.45) is 3.59. The SMILES string of the molecule is Cc1cc(N2CCC[C@@](C)(c3[nH]ncc3C(=O)N(C)C)C2)nc(N)n1. The average Bonchev–Trinajstić information content (AvgIpc) is 3.03. The summed E-state index contributed by atoms with van der Waals surface area (Å²) in [6.45, 7) is 5.71. The van der Waals surface area contributed by atoms with E-state index in [1.807, 2.05) is 13.0 Å². The molecule has 1 aliphatic heterocycles. The fourth-order valence-corrected chi connectivity index (χ4v) is 3.52. The summed E-state index contributed by atoms with van der Waals surface area (Å²) in [5.74, 6) is 1.08. The van der Waals surface area contributed by atoms with Crippen molar-refractivity contribution < 1.29 is 4.79 Å². The maximum atomic E-state index is 12.5. The Kier molecular flexibility index (Phi) is 4.36. The highest BCUT2D eigenvalue weighted by atomic mass is 16.2. The lowest BCUT2D eigenvalue weighted by atomic mass is 9.77. The third-order valence-electron chi connectivity index (χ3n) is 4.76. The number of aromatic amines is 1. The number of nitrogens with zero attached hydrogens (tertiary/aromatic N) is 5. The molecule has 0 saturated carbocycles. The second kappa shape index (κ2) is 6.34. The van der Waals surface area contributed by atoms with E-state index in [4.69, 9.17) is 5.73 Å². The van der Waals surface area contributed by atoms with Gasteiger partial charge in [0, 0.05) is 44.4 Å². The number of carbonyl (C=O) groups is 1. The molecule has 0 radical (unpaired) electrons. The molecule has 1 amide bonds. The fourth-order valence-electron chi connectivity index (χ4n) is 3.52. The predicted molar refractivity (Wildman–Crippen MR) is 96.6 cm³/mol. The van der Waals surface area contributed by atoms with Crippen LogP contribution in [0.5, 0.6) is 0 Å². The summed E-state index contributed by atoms with van der Waals surface area (Å²) in [6, 6.07) is 1.95. The number of anilines is 2. The Balaban J connectivity index is 1.92. The molecule has 1 saturated heterocycles. The van der Waals surface area contributed by atoms with Crippen molar-refractivity contribution in [2.75, 3.05) is 37.8 Å². The molecule has 0 spiro atoms. The van der Waals surface area contributed by atoms with E-state index in [0.717, 1.165) is 43.1 Å². The molecule has 3 N–H and O–H groups in total. The summed E-state index contributed by atoms with van der Waals surface area (Å²) in [5.41, 5.74) is 7.95. The van der Waals surface area contributed by atoms with Crippen LogP contribution in [0.3, 0.4) is 0 Å². The number of aryl methyl sites for hydroxylation is 1. The van der Waals surface area contributed by atoms with Crippen LogP contribution >= 0.6 is 0 Å². The molecule has 0 aromatic carbocycles. The monoisotopic (exact) mass is 343 g/mol. The van der Waals surface area contributed by atoms with Crippen molar-refractivity contribution >= 4 is 17.7 Å². The number of aromatic nitrogens is 4. The minimum absolute atomic E-state index is 0.0378. The van der Waals surface area contributed by atoms with Crippen LogP contribution in [0.1, 0.15) is 41.5 Å². The predicted octanol–water partition coefficient (Wildman–Crippen LogP) is 1.35. The van der Waals surface area contributed by atoms with Gasteiger partial charge >= 0.3 is 0 Å². The number of hydrogen-bond acceptors (Lipinski definition) is 6. The van der Waals surface area contributed by atoms with Crippen molar-refractivity contribution in [1.82, 2.24) is 25.1 Å². The maximum Gasteiger partial charge on any atom is 0.256 e. The fraction of sp³-hybridized carbons (Fsp3) is 0.529. The van der Waals surface area contributed by atoms with Gasteiger partial charge < -0.3 is 15.5 Å². The summed E-state index contributed by atoms with van der Waals surface area (Å²) >= 11 is 0. The van der Waals surface area contributed by atoms with E-state index < -0.39 is 0 Å². The number of nitrogen functional groups attached to an aromatic ring is 1. The van der Waals surface area contributed by atoms with Gasteiger partial charge in [0.25, 0.3) is 5.91 Å². The zero-order chi connectivity index (χ0) is 18.2. The molecule has 0 aliphatic carbocycles. The Morgan fingerprint density at radius 1 is 1.40 bits per heavy atom. The van der Waals surface area contributed by atoms with Crippen molar-refractivity contribution in [2.45, 2.75) is 32.1 Å². The summed E-state index contributed by atoms with van der Waals surface area (Å²) < 4.78 is 0. The number of nitrogens with one attached hydrogen (secondary N) is 1. The number of hydrogen-bond donors (Lipinski definition) is 2. The Bertz CT molecular complexity index is 765. The highest BCUT2D eigenvalue weighted by molar-refractivity contribution is 5.95. The molecule has 134 valence electrons. The van der Waals surface area contributed by atoms with Gasteiger partial charge in [-0.3, -0.25) is 9.89 Å². The van der Waals surface area contributed by atoms with E-state index in [-0.39, 0.29) is 17.3 Å². The first-order chi connectivity index (χ1) is 11.8. The summed E-state index contributed by atoms with van der Waals surface area (Å²) in [4.78, 5) is 24.8. The van der Waals surface area contributed by atoms with E-state index in [1.54, 1.807) is 25.2 Å². The Hall–Kier alpha value is -2.64. The molecule has 0 bridgehead atoms. The zero-order valence-corrected chi connectivity index (χ0v) is 15.2. The molecular formula is C17H25N7O. The molecule has 1 aliphatic rings. The minimum Gasteiger partial charge on any atom is -0.368 e. The first kappa shape index (κ1) is 17.2. The van der Waals surface area contributed by atoms with E-state index in [9.17, 15) is 4.79 Å². The molecule has 2 aromatic heterocycles. The minimum atomic E-state index is -0.219. The second-order valence-corrected chi connectivity index (χ2v) is 7.17. The van der Waals surface area contributed by atoms with Gasteiger partial charge in [-0.05, 0) is 19.8 Å². The zero-order valence-electron chi connectivity index (χ0n) is 15.2. The van der Waals surface area contributed by atoms with E-state index in [1.165, 1.54) is 0 Å². The van der Waals surface area contributed by atoms with Crippen LogP contribution in [0.4, 0.5) is 11.8 Å². The number of amides is 1. The van der Waals surface area contributed by atoms with Crippen molar-refractivity contribution in [3.8, 4) is 0 Å². The van der Waals surface area contributed by atoms with Crippen molar-refractivity contribution in [3.63, 3.8) is 0 Å². The average molecular weight is 343 g/mol. The molecular weight excluding hydrogens is 318 g/mol. The molecule has 1 fully saturated rings. The second-order valence-electron chi connectivity index (χ2n) is 7.17. The van der Waals surface area contributed by atoms with E-state index in [0.29, 0.717) is 5.56 Å². The summed E-state index contributed by atoms with van der Waals surface area (Å²) in [7, 11) is 3.50. The number of nitrogens with two attached hydrogens (primary N) is 1. The van der Waals surface area contributed by atoms with E-state index in [2.05, 4.69) is 32.0 Å². The molecule has 2 aromatic rings. The van der Waals surface area contributed by atoms with Gasteiger partial charge in [-0.1, -0.05) is 6.92 Å². The molecule has 3 rings (SSSR count). The van der Waals surface area contributed by atoms with E-state index >= 15 is 0 Å². The van der Waals surface area contributed by atoms with Crippen LogP contribution in [0.15, 0.2) is 12.3 Å². The topological polar surface area (TPSA) is 104 Å². The Morgan fingerprint density at radius 3 is 2.84 bits per heavy atom. The van der Waals surface area contributed by atoms with Crippen LogP contribution in [-0.4, -0.2) is 58.2 Å². The van der Waals surface area contributed by atoms with Gasteiger partial charge in [0.05, 0.1) is 17.5 Å². The highest BCUT2D eigenvalue weighted by Gasteiger charge is 2.38. The van der Waals surface area contributed by atoms with Gasteiger partial charge in [0.15, 0.2) is 0 Å². The standard InChI is InChI=1S/C17H25N7O/c1-11-8-13(21-16(18)20-11)24-7-5-6-17(2,10-24)14-12(9-19-22-14)15(25)23(3)4/h8-9H,5-7,10H2,1-4H3,(H,19,22)(H2,18,20,21)/t17-/m1/s1. The van der Waals surface area contributed by atoms with Crippen molar-refractivity contribution in [2.24, 2.45) is 0 Å². The van der Waals surface area contributed by atoms with Crippen LogP contribution in [0.2, 0.25) is 0 Å². The smallest absolute Gasteiger partial charge is 0.256 e. The largest absolute Gasteiger partial charge is 0.368 e. The number of rotatable bonds is 3. The van der Waals surface area contributed by atoms with Crippen molar-refractivity contribution in [3.05, 3.63) is 29.2 Å². The quantitative estimate of drug-likeness (QED) is 0.872. The lowest BCUT2D eigenvalue weighted by Crippen LogP contribution is -2.46. The van der Waals surface area contributed by atoms with Crippen LogP contribution < -0.4 is 10.6 Å². The first-order valence-corrected chi connectivity index (χ1v) is 8.42. The maximum absolute atomic E-state index is 12.5. The molecule has 1 atom stereocenters. The normalized spacial score (nSPS) is 20.6. The molecule has 8 heteroatoms. The molecule has 25 heavy (non-hydrogen) atoms. The lowest BCUT2D eigenvalue weighted by molar-refractivity contribution is 0.0824. The first-order valence-electron chi connectivity index (χ1n) is 8.42. The third-order valence-corrected chi connectivity index (χ3v) is 4.76. The molecule has 3 heterocycles. The number of H-pyrrole nitrogens is 1. The molecule has 0 unspecified atom stereocenters. The van der Waals surface area contributed by atoms with Gasteiger partial charge in [-0.2, -0.15) is 10.1 Å². The number of carbonyl (C=O) groups excluding carboxylic acids is 1. The Morgan fingerprint density at radius 2 is 2.16 bits per heavy atom. The van der Waals surface area contributed by atoms with Crippen LogP contribution in [0, 0.1) is 6.92 Å². The number of piperidine rings is 1. The lowest BCUT2D eigenvalue weighted by Gasteiger charge is -2.41. The van der Waals surface area contributed by atoms with Gasteiger partial charge in [-0.25, -0.2) is 4.98 Å². The molecule has 8 nitrogen and oxygen atoms in total. The highest BCUT2D eigenvalue weighted by Crippen LogP contribution is 2.36.